The Morgan fingerprint density at radius 3 is 2.00 bits per heavy atom. The van der Waals surface area contributed by atoms with Gasteiger partial charge in [0.25, 0.3) is 0 Å². The maximum atomic E-state index is 12.6. The molecule has 2 N–H and O–H groups in total. The number of benzene rings is 1. The molecule has 5 aliphatic rings. The van der Waals surface area contributed by atoms with Crippen molar-refractivity contribution in [3.05, 3.63) is 71.7 Å². The van der Waals surface area contributed by atoms with Gasteiger partial charge < -0.3 is 24.5 Å². The van der Waals surface area contributed by atoms with Gasteiger partial charge >= 0.3 is 5.97 Å². The minimum Gasteiger partial charge on any atom is -0.497 e. The van der Waals surface area contributed by atoms with E-state index in [2.05, 4.69) is 91.3 Å². The van der Waals surface area contributed by atoms with Crippen molar-refractivity contribution in [3.8, 4) is 5.75 Å². The van der Waals surface area contributed by atoms with E-state index in [1.54, 1.807) is 26.5 Å². The number of allylic oxidation sites excluding steroid dienone is 5. The Morgan fingerprint density at radius 1 is 0.891 bits per heavy atom. The number of aliphatic hydroxyl groups excluding tert-OH is 1. The Morgan fingerprint density at radius 2 is 1.48 bits per heavy atom. The number of hydrazine groups is 1. The maximum absolute atomic E-state index is 12.6. The van der Waals surface area contributed by atoms with Crippen molar-refractivity contribution in [1.29, 1.82) is 0 Å². The fourth-order valence-electron chi connectivity index (χ4n) is 13.9. The average molecular weight is 887 g/mol. The number of aliphatic hydroxyl groups is 1. The van der Waals surface area contributed by atoms with Crippen LogP contribution < -0.4 is 9.75 Å². The van der Waals surface area contributed by atoms with Gasteiger partial charge in [-0.3, -0.25) is 19.6 Å². The van der Waals surface area contributed by atoms with Crippen LogP contribution in [0.15, 0.2) is 71.7 Å². The summed E-state index contributed by atoms with van der Waals surface area (Å²) in [5.74, 6) is 2.41. The van der Waals surface area contributed by atoms with E-state index >= 15 is 0 Å². The molecule has 6 unspecified atom stereocenters. The van der Waals surface area contributed by atoms with Gasteiger partial charge in [-0.1, -0.05) is 93.5 Å². The quantitative estimate of drug-likeness (QED) is 0.0916. The van der Waals surface area contributed by atoms with E-state index < -0.39 is 11.4 Å². The predicted octanol–water partition coefficient (Wildman–Crippen LogP) is 12.3. The number of aldehydes is 2. The summed E-state index contributed by atoms with van der Waals surface area (Å²) >= 11 is 0. The summed E-state index contributed by atoms with van der Waals surface area (Å²) in [7, 11) is 6.88. The first-order valence-electron chi connectivity index (χ1n) is 23.8. The number of carbonyl (C=O) groups is 3. The minimum atomic E-state index is -0.912. The number of carboxylic acid groups (broad SMARTS) is 1. The molecule has 6 rings (SSSR count). The number of hydrogen-bond acceptors (Lipinski definition) is 8. The summed E-state index contributed by atoms with van der Waals surface area (Å²) < 4.78 is 12.1. The average Bonchev–Trinajstić information content (AvgIpc) is 3.54. The zero-order chi connectivity index (χ0) is 48.6. The lowest BCUT2D eigenvalue weighted by Gasteiger charge is -2.72. The summed E-state index contributed by atoms with van der Waals surface area (Å²) in [5.41, 5.74) is 5.34. The molecule has 9 nitrogen and oxygen atoms in total. The van der Waals surface area contributed by atoms with Crippen molar-refractivity contribution in [3.63, 3.8) is 0 Å². The van der Waals surface area contributed by atoms with Gasteiger partial charge in [0.05, 0.1) is 24.0 Å². The lowest BCUT2D eigenvalue weighted by Crippen LogP contribution is -2.66. The first-order valence-corrected chi connectivity index (χ1v) is 23.8. The van der Waals surface area contributed by atoms with Gasteiger partial charge in [-0.05, 0) is 147 Å². The third-order valence-corrected chi connectivity index (χ3v) is 17.3. The number of rotatable bonds is 12. The molecule has 0 aliphatic heterocycles. The highest BCUT2D eigenvalue weighted by Crippen LogP contribution is 2.78. The smallest absolute Gasteiger partial charge is 0.309 e. The number of anilines is 1. The van der Waals surface area contributed by atoms with Crippen molar-refractivity contribution >= 4 is 24.2 Å². The van der Waals surface area contributed by atoms with Crippen LogP contribution in [0.5, 0.6) is 5.75 Å². The molecule has 0 heterocycles. The molecule has 4 fully saturated rings. The standard InChI is InChI=1S/C49H72N2O5.C5H10O.CH4O/c1-31(2)41-32(3)29-49(39(23-28-52)51(13)50(12)34-15-17-35(55-14)18-16-34)27-26-47(10)36(42(41)49)19-20-38-46(9)24-22-40(56-33(4)30-44(5,6)43(53)54)45(7,8)37(46)21-25-48(38,47)11;1-5(2,3)4-6;1-2/h15-18,23,28,31,36-38,40H,3-4,19-22,24-27,29-30H2,1-2,5-14H3,(H,53,54);4H,1-3H3;2H,1H3/b39-23-;;/t36?,37-,38?,40?,46?,47+,48?,49?;;/m0../s1. The summed E-state index contributed by atoms with van der Waals surface area (Å²) in [6, 6.07) is 8.12. The number of nitrogens with zero attached hydrogens (tertiary/aromatic N) is 2. The molecule has 9 heteroatoms. The Hall–Kier alpha value is -3.85. The number of fused-ring (bicyclic) bond motifs is 7. The number of aliphatic carboxylic acids is 1. The molecule has 1 aromatic rings. The zero-order valence-electron chi connectivity index (χ0n) is 42.7. The van der Waals surface area contributed by atoms with Crippen LogP contribution in [0.3, 0.4) is 0 Å². The molecule has 0 saturated heterocycles. The lowest BCUT2D eigenvalue weighted by molar-refractivity contribution is -0.230. The van der Waals surface area contributed by atoms with Crippen LogP contribution in [0, 0.1) is 61.6 Å². The third-order valence-electron chi connectivity index (χ3n) is 17.3. The molecule has 8 atom stereocenters. The first-order chi connectivity index (χ1) is 29.6. The van der Waals surface area contributed by atoms with Crippen molar-refractivity contribution in [2.75, 3.05) is 33.3 Å². The van der Waals surface area contributed by atoms with Crippen LogP contribution >= 0.6 is 0 Å². The second-order valence-electron chi connectivity index (χ2n) is 23.2. The number of hydrogen-bond donors (Lipinski definition) is 2. The van der Waals surface area contributed by atoms with Crippen LogP contribution in [0.2, 0.25) is 0 Å². The summed E-state index contributed by atoms with van der Waals surface area (Å²) in [5, 5.41) is 21.1. The van der Waals surface area contributed by atoms with Gasteiger partial charge in [0, 0.05) is 49.6 Å². The SMILES string of the molecule is C=C(CC(C)(C)C(=O)O)OC1CCC2(C)C3CCC4C5=C(C(C)C)C(=C)CC5(/C(=C/C=O)N(C)N(C)c5ccc(OC)cc5)CC[C@@]4(C)C3(C)CC[C@H]2C1(C)C.CC(C)(C)C=O.CO. The molecule has 5 aliphatic carbocycles. The summed E-state index contributed by atoms with van der Waals surface area (Å²) in [4.78, 5) is 34.4. The van der Waals surface area contributed by atoms with Gasteiger partial charge in [-0.25, -0.2) is 0 Å². The van der Waals surface area contributed by atoms with E-state index in [0.717, 1.165) is 81.8 Å². The fourth-order valence-corrected chi connectivity index (χ4v) is 13.9. The molecule has 358 valence electrons. The highest BCUT2D eigenvalue weighted by atomic mass is 16.5. The van der Waals surface area contributed by atoms with Crippen molar-refractivity contribution in [1.82, 2.24) is 5.01 Å². The van der Waals surface area contributed by atoms with E-state index in [9.17, 15) is 19.5 Å². The van der Waals surface area contributed by atoms with Crippen LogP contribution in [-0.2, 0) is 19.1 Å². The normalized spacial score (nSPS) is 31.9. The molecule has 0 bridgehead atoms. The lowest BCUT2D eigenvalue weighted by atomic mass is 9.33. The Labute approximate surface area is 387 Å². The molecule has 0 spiro atoms. The first kappa shape index (κ1) is 52.8. The Kier molecular flexibility index (Phi) is 15.8. The molecule has 0 amide bonds. The summed E-state index contributed by atoms with van der Waals surface area (Å²) in [6.07, 6.45) is 13.8. The summed E-state index contributed by atoms with van der Waals surface area (Å²) in [6.45, 7) is 35.5. The van der Waals surface area contributed by atoms with Crippen LogP contribution in [0.1, 0.15) is 147 Å². The maximum Gasteiger partial charge on any atom is 0.309 e. The molecule has 0 radical (unpaired) electrons. The zero-order valence-corrected chi connectivity index (χ0v) is 42.7. The number of methoxy groups -OCH3 is 1. The van der Waals surface area contributed by atoms with Gasteiger partial charge in [-0.15, -0.1) is 0 Å². The molecule has 64 heavy (non-hydrogen) atoms. The third kappa shape index (κ3) is 9.27. The van der Waals surface area contributed by atoms with Crippen molar-refractivity contribution in [2.24, 2.45) is 61.6 Å². The van der Waals surface area contributed by atoms with Crippen LogP contribution in [-0.4, -0.2) is 68.2 Å². The second-order valence-corrected chi connectivity index (χ2v) is 23.2. The number of carbonyl (C=O) groups excluding carboxylic acids is 2. The largest absolute Gasteiger partial charge is 0.497 e. The minimum absolute atomic E-state index is 0.0172. The number of ether oxygens (including phenoxy) is 2. The van der Waals surface area contributed by atoms with Gasteiger partial charge in [-0.2, -0.15) is 0 Å². The topological polar surface area (TPSA) is 117 Å². The van der Waals surface area contributed by atoms with Crippen LogP contribution in [0.25, 0.3) is 0 Å². The van der Waals surface area contributed by atoms with Gasteiger partial charge in [0.1, 0.15) is 24.4 Å². The highest BCUT2D eigenvalue weighted by Gasteiger charge is 2.70. The van der Waals surface area contributed by atoms with E-state index in [0.29, 0.717) is 35.9 Å². The van der Waals surface area contributed by atoms with E-state index in [4.69, 9.17) is 21.2 Å². The Balaban J connectivity index is 0.00000104. The van der Waals surface area contributed by atoms with E-state index in [-0.39, 0.29) is 38.6 Å². The highest BCUT2D eigenvalue weighted by molar-refractivity contribution is 5.74. The Bertz CT molecular complexity index is 1950. The molecule has 4 saturated carbocycles. The van der Waals surface area contributed by atoms with Gasteiger partial charge in [0.2, 0.25) is 0 Å². The molecular weight excluding hydrogens is 801 g/mol. The fraction of sp³-hybridized carbons (Fsp3) is 0.691. The molecular formula is C55H86N2O7. The number of carboxylic acids is 1. The van der Waals surface area contributed by atoms with E-state index in [1.807, 2.05) is 39.0 Å². The second kappa shape index (κ2) is 19.2. The molecule has 1 aromatic carbocycles. The van der Waals surface area contributed by atoms with Crippen molar-refractivity contribution < 1.29 is 34.1 Å². The van der Waals surface area contributed by atoms with Crippen LogP contribution in [0.4, 0.5) is 5.69 Å². The van der Waals surface area contributed by atoms with E-state index in [1.165, 1.54) is 24.0 Å². The predicted molar refractivity (Wildman–Crippen MR) is 261 cm³/mol. The van der Waals surface area contributed by atoms with Crippen molar-refractivity contribution in [2.45, 2.75) is 153 Å². The van der Waals surface area contributed by atoms with Gasteiger partial charge in [0.15, 0.2) is 0 Å². The monoisotopic (exact) mass is 887 g/mol. The molecule has 0 aromatic heterocycles.